The number of ether oxygens (including phenoxy) is 1. The lowest BCUT2D eigenvalue weighted by Gasteiger charge is -2.38. The number of aryl methyl sites for hydroxylation is 2. The third-order valence-corrected chi connectivity index (χ3v) is 4.94. The first kappa shape index (κ1) is 12.7. The fourth-order valence-corrected chi connectivity index (χ4v) is 4.05. The molecule has 0 spiro atoms. The van der Waals surface area contributed by atoms with Crippen LogP contribution in [0.15, 0.2) is 18.2 Å². The zero-order valence-corrected chi connectivity index (χ0v) is 12.6. The molecule has 4 heteroatoms. The number of hydrogen-bond acceptors (Lipinski definition) is 2. The number of rotatable bonds is 0. The van der Waals surface area contributed by atoms with Gasteiger partial charge in [0.25, 0.3) is 0 Å². The highest BCUT2D eigenvalue weighted by molar-refractivity contribution is 5.87. The summed E-state index contributed by atoms with van der Waals surface area (Å²) in [5.41, 5.74) is 5.41. The third kappa shape index (κ3) is 1.71. The second kappa shape index (κ2) is 4.52. The lowest BCUT2D eigenvalue weighted by Crippen LogP contribution is -2.43. The monoisotopic (exact) mass is 284 g/mol. The van der Waals surface area contributed by atoms with E-state index in [1.54, 1.807) is 0 Å². The van der Waals surface area contributed by atoms with E-state index in [0.29, 0.717) is 0 Å². The Morgan fingerprint density at radius 3 is 3.00 bits per heavy atom. The van der Waals surface area contributed by atoms with E-state index in [0.717, 1.165) is 32.4 Å². The van der Waals surface area contributed by atoms with Crippen LogP contribution in [0.1, 0.15) is 35.7 Å². The number of hydrogen-bond donors (Lipinski definition) is 0. The van der Waals surface area contributed by atoms with Gasteiger partial charge >= 0.3 is 6.09 Å². The fourth-order valence-electron chi connectivity index (χ4n) is 4.05. The maximum atomic E-state index is 12.0. The molecule has 1 aromatic heterocycles. The third-order valence-electron chi connectivity index (χ3n) is 4.94. The highest BCUT2D eigenvalue weighted by Gasteiger charge is 2.37. The van der Waals surface area contributed by atoms with E-state index < -0.39 is 0 Å². The van der Waals surface area contributed by atoms with Gasteiger partial charge in [-0.25, -0.2) is 4.79 Å². The molecule has 0 N–H and O–H groups in total. The van der Waals surface area contributed by atoms with E-state index in [-0.39, 0.29) is 12.1 Å². The van der Waals surface area contributed by atoms with Crippen LogP contribution < -0.4 is 0 Å². The molecule has 1 aliphatic carbocycles. The molecule has 0 radical (unpaired) electrons. The second-order valence-corrected chi connectivity index (χ2v) is 6.11. The molecule has 1 aromatic carbocycles. The highest BCUT2D eigenvalue weighted by Crippen LogP contribution is 2.42. The Labute approximate surface area is 124 Å². The molecule has 1 atom stereocenters. The molecular weight excluding hydrogens is 264 g/mol. The van der Waals surface area contributed by atoms with Gasteiger partial charge in [-0.05, 0) is 43.9 Å². The van der Waals surface area contributed by atoms with Gasteiger partial charge in [-0.2, -0.15) is 0 Å². The first-order chi connectivity index (χ1) is 10.2. The van der Waals surface area contributed by atoms with Crippen molar-refractivity contribution < 1.29 is 9.53 Å². The maximum absolute atomic E-state index is 12.0. The van der Waals surface area contributed by atoms with Gasteiger partial charge in [-0.1, -0.05) is 11.6 Å². The van der Waals surface area contributed by atoms with Crippen LogP contribution in [-0.2, 0) is 17.7 Å². The van der Waals surface area contributed by atoms with E-state index in [2.05, 4.69) is 29.7 Å². The molecule has 0 saturated carbocycles. The summed E-state index contributed by atoms with van der Waals surface area (Å²) >= 11 is 0. The van der Waals surface area contributed by atoms with Gasteiger partial charge in [0.1, 0.15) is 0 Å². The van der Waals surface area contributed by atoms with E-state index in [4.69, 9.17) is 4.74 Å². The minimum Gasteiger partial charge on any atom is -0.453 e. The molecule has 21 heavy (non-hydrogen) atoms. The van der Waals surface area contributed by atoms with Crippen molar-refractivity contribution in [1.82, 2.24) is 9.47 Å². The van der Waals surface area contributed by atoms with E-state index in [1.165, 1.54) is 34.8 Å². The fraction of sp³-hybridized carbons (Fsp3) is 0.471. The Balaban J connectivity index is 1.94. The van der Waals surface area contributed by atoms with Crippen molar-refractivity contribution in [2.24, 2.45) is 0 Å². The van der Waals surface area contributed by atoms with Gasteiger partial charge < -0.3 is 9.30 Å². The van der Waals surface area contributed by atoms with Crippen molar-refractivity contribution in [3.05, 3.63) is 35.0 Å². The molecule has 4 rings (SSSR count). The zero-order chi connectivity index (χ0) is 14.6. The summed E-state index contributed by atoms with van der Waals surface area (Å²) in [7, 11) is 1.47. The van der Waals surface area contributed by atoms with Crippen LogP contribution in [0.3, 0.4) is 0 Å². The van der Waals surface area contributed by atoms with E-state index in [1.807, 2.05) is 4.90 Å². The number of aromatic nitrogens is 1. The molecule has 2 heterocycles. The average Bonchev–Trinajstić information content (AvgIpc) is 2.83. The van der Waals surface area contributed by atoms with Gasteiger partial charge in [0.05, 0.1) is 13.2 Å². The van der Waals surface area contributed by atoms with Gasteiger partial charge in [-0.3, -0.25) is 4.90 Å². The SMILES string of the molecule is COC(=O)N1CCn2c3c(c4cc(C)ccc42)CCCC31. The minimum absolute atomic E-state index is 0.183. The van der Waals surface area contributed by atoms with Crippen molar-refractivity contribution in [3.8, 4) is 0 Å². The van der Waals surface area contributed by atoms with Gasteiger partial charge in [0, 0.05) is 29.7 Å². The standard InChI is InChI=1S/C17H20N2O2/c1-11-6-7-14-13(10-11)12-4-3-5-15-16(12)18(14)8-9-19(15)17(20)21-2/h6-7,10,15H,3-5,8-9H2,1-2H3. The van der Waals surface area contributed by atoms with E-state index >= 15 is 0 Å². The van der Waals surface area contributed by atoms with Crippen molar-refractivity contribution in [3.63, 3.8) is 0 Å². The maximum Gasteiger partial charge on any atom is 0.410 e. The van der Waals surface area contributed by atoms with Crippen LogP contribution >= 0.6 is 0 Å². The number of nitrogens with zero attached hydrogens (tertiary/aromatic N) is 2. The van der Waals surface area contributed by atoms with Gasteiger partial charge in [0.2, 0.25) is 0 Å². The Morgan fingerprint density at radius 1 is 1.33 bits per heavy atom. The van der Waals surface area contributed by atoms with Crippen LogP contribution in [0.25, 0.3) is 10.9 Å². The zero-order valence-electron chi connectivity index (χ0n) is 12.6. The molecule has 1 unspecified atom stereocenters. The molecule has 0 saturated heterocycles. The largest absolute Gasteiger partial charge is 0.453 e. The van der Waals surface area contributed by atoms with Crippen LogP contribution in [0.5, 0.6) is 0 Å². The predicted molar refractivity (Wildman–Crippen MR) is 81.5 cm³/mol. The van der Waals surface area contributed by atoms with Crippen molar-refractivity contribution in [2.45, 2.75) is 38.8 Å². The molecule has 0 bridgehead atoms. The van der Waals surface area contributed by atoms with Crippen LogP contribution in [-0.4, -0.2) is 29.2 Å². The predicted octanol–water partition coefficient (Wildman–Crippen LogP) is 3.41. The number of carbonyl (C=O) groups is 1. The first-order valence-electron chi connectivity index (χ1n) is 7.67. The summed E-state index contributed by atoms with van der Waals surface area (Å²) in [5.74, 6) is 0. The van der Waals surface area contributed by atoms with Crippen LogP contribution in [0.4, 0.5) is 4.79 Å². The lowest BCUT2D eigenvalue weighted by molar-refractivity contribution is 0.0870. The van der Waals surface area contributed by atoms with Crippen molar-refractivity contribution >= 4 is 17.0 Å². The average molecular weight is 284 g/mol. The topological polar surface area (TPSA) is 34.5 Å². The number of carbonyl (C=O) groups excluding carboxylic acids is 1. The van der Waals surface area contributed by atoms with Crippen LogP contribution in [0, 0.1) is 6.92 Å². The molecule has 1 amide bonds. The number of amides is 1. The molecule has 2 aliphatic rings. The van der Waals surface area contributed by atoms with Crippen molar-refractivity contribution in [2.75, 3.05) is 13.7 Å². The lowest BCUT2D eigenvalue weighted by atomic mass is 9.89. The Hall–Kier alpha value is -1.97. The minimum atomic E-state index is -0.194. The molecular formula is C17H20N2O2. The summed E-state index contributed by atoms with van der Waals surface area (Å²) < 4.78 is 7.40. The number of benzene rings is 1. The molecule has 110 valence electrons. The molecule has 2 aromatic rings. The first-order valence-corrected chi connectivity index (χ1v) is 7.67. The smallest absolute Gasteiger partial charge is 0.410 e. The number of methoxy groups -OCH3 is 1. The normalized spacial score (nSPS) is 20.5. The molecule has 1 aliphatic heterocycles. The second-order valence-electron chi connectivity index (χ2n) is 6.11. The summed E-state index contributed by atoms with van der Waals surface area (Å²) in [6, 6.07) is 6.89. The molecule has 4 nitrogen and oxygen atoms in total. The van der Waals surface area contributed by atoms with Crippen LogP contribution in [0.2, 0.25) is 0 Å². The summed E-state index contributed by atoms with van der Waals surface area (Å²) in [6.45, 7) is 3.74. The van der Waals surface area contributed by atoms with E-state index in [9.17, 15) is 4.79 Å². The summed E-state index contributed by atoms with van der Waals surface area (Å²) in [5, 5.41) is 1.38. The Kier molecular flexibility index (Phi) is 2.74. The Bertz CT molecular complexity index is 732. The highest BCUT2D eigenvalue weighted by atomic mass is 16.5. The van der Waals surface area contributed by atoms with Gasteiger partial charge in [0.15, 0.2) is 0 Å². The van der Waals surface area contributed by atoms with Crippen molar-refractivity contribution in [1.29, 1.82) is 0 Å². The summed E-state index contributed by atoms with van der Waals surface area (Å²) in [6.07, 6.45) is 3.10. The number of fused-ring (bicyclic) bond motifs is 3. The van der Waals surface area contributed by atoms with Gasteiger partial charge in [-0.15, -0.1) is 0 Å². The summed E-state index contributed by atoms with van der Waals surface area (Å²) in [4.78, 5) is 14.0. The Morgan fingerprint density at radius 2 is 2.19 bits per heavy atom. The quantitative estimate of drug-likeness (QED) is 0.743. The molecule has 0 fully saturated rings.